The molecule has 0 spiro atoms. The van der Waals surface area contributed by atoms with Crippen LogP contribution >= 0.6 is 9.24 Å². The number of rotatable bonds is 1. The molecule has 2 aromatic rings. The van der Waals surface area contributed by atoms with Crippen molar-refractivity contribution in [3.8, 4) is 0 Å². The molecule has 0 bridgehead atoms. The van der Waals surface area contributed by atoms with Crippen molar-refractivity contribution >= 4 is 20.1 Å². The van der Waals surface area contributed by atoms with Gasteiger partial charge in [-0.25, -0.2) is 9.97 Å². The summed E-state index contributed by atoms with van der Waals surface area (Å²) in [6, 6.07) is 1.96. The van der Waals surface area contributed by atoms with Crippen LogP contribution in [0.3, 0.4) is 0 Å². The number of hydrogen-bond donors (Lipinski definition) is 0. The van der Waals surface area contributed by atoms with Crippen LogP contribution in [0.2, 0.25) is 0 Å². The summed E-state index contributed by atoms with van der Waals surface area (Å²) in [5.74, 6) is 0.424. The maximum absolute atomic E-state index is 4.27. The van der Waals surface area contributed by atoms with E-state index >= 15 is 0 Å². The smallest absolute Gasteiger partial charge is 0.116 e. The maximum atomic E-state index is 4.27. The molecule has 4 heteroatoms. The van der Waals surface area contributed by atoms with Crippen molar-refractivity contribution in [1.29, 1.82) is 0 Å². The topological polar surface area (TPSA) is 38.7 Å². The molecule has 80 valence electrons. The lowest BCUT2D eigenvalue weighted by atomic mass is 10.1. The lowest BCUT2D eigenvalue weighted by Gasteiger charge is -2.06. The second kappa shape index (κ2) is 5.72. The fourth-order valence-electron chi connectivity index (χ4n) is 1.39. The van der Waals surface area contributed by atoms with Gasteiger partial charge in [0.25, 0.3) is 0 Å². The minimum atomic E-state index is 0.424. The zero-order valence-electron chi connectivity index (χ0n) is 9.31. The molecular weight excluding hydrogens is 205 g/mol. The lowest BCUT2D eigenvalue weighted by molar-refractivity contribution is 0.828. The van der Waals surface area contributed by atoms with Crippen LogP contribution in [0.5, 0.6) is 0 Å². The Bertz CT molecular complexity index is 424. The molecule has 0 fully saturated rings. The molecule has 0 radical (unpaired) electrons. The second-order valence-corrected chi connectivity index (χ2v) is 3.31. The van der Waals surface area contributed by atoms with Crippen LogP contribution in [0.15, 0.2) is 24.8 Å². The number of nitrogens with zero attached hydrogens (tertiary/aromatic N) is 3. The standard InChI is InChI=1S/C10H11N3.CH5P/c1-7(2)10-8-3-4-11-5-9(8)12-6-13-10;1-2/h3-7H,1-2H3;2H2,1H3. The normalized spacial score (nSPS) is 9.93. The van der Waals surface area contributed by atoms with E-state index < -0.39 is 0 Å². The van der Waals surface area contributed by atoms with Crippen LogP contribution in [0.25, 0.3) is 10.9 Å². The Morgan fingerprint density at radius 1 is 1.20 bits per heavy atom. The van der Waals surface area contributed by atoms with Crippen LogP contribution in [-0.4, -0.2) is 21.6 Å². The van der Waals surface area contributed by atoms with E-state index in [9.17, 15) is 0 Å². The summed E-state index contributed by atoms with van der Waals surface area (Å²) < 4.78 is 0. The zero-order valence-corrected chi connectivity index (χ0v) is 10.5. The van der Waals surface area contributed by atoms with Crippen LogP contribution < -0.4 is 0 Å². The van der Waals surface area contributed by atoms with Crippen LogP contribution in [-0.2, 0) is 0 Å². The van der Waals surface area contributed by atoms with Gasteiger partial charge in [-0.2, -0.15) is 0 Å². The van der Waals surface area contributed by atoms with Gasteiger partial charge >= 0.3 is 0 Å². The van der Waals surface area contributed by atoms with Gasteiger partial charge in [-0.15, -0.1) is 9.24 Å². The van der Waals surface area contributed by atoms with E-state index in [4.69, 9.17) is 0 Å². The summed E-state index contributed by atoms with van der Waals surface area (Å²) in [5.41, 5.74) is 2.01. The summed E-state index contributed by atoms with van der Waals surface area (Å²) in [6.07, 6.45) is 5.14. The molecule has 0 aromatic carbocycles. The highest BCUT2D eigenvalue weighted by Crippen LogP contribution is 2.19. The highest BCUT2D eigenvalue weighted by atomic mass is 31.0. The third-order valence-electron chi connectivity index (χ3n) is 2.02. The van der Waals surface area contributed by atoms with Gasteiger partial charge in [-0.1, -0.05) is 20.5 Å². The summed E-state index contributed by atoms with van der Waals surface area (Å²) in [4.78, 5) is 12.4. The molecule has 2 heterocycles. The fourth-order valence-corrected chi connectivity index (χ4v) is 1.39. The largest absolute Gasteiger partial charge is 0.262 e. The summed E-state index contributed by atoms with van der Waals surface area (Å²) in [5, 5.41) is 1.10. The Morgan fingerprint density at radius 2 is 1.93 bits per heavy atom. The van der Waals surface area contributed by atoms with E-state index in [2.05, 4.69) is 38.0 Å². The molecular formula is C11H16N3P. The van der Waals surface area contributed by atoms with Crippen LogP contribution in [0.1, 0.15) is 25.5 Å². The first kappa shape index (κ1) is 12.0. The number of pyridine rings is 1. The minimum Gasteiger partial charge on any atom is -0.262 e. The van der Waals surface area contributed by atoms with Gasteiger partial charge in [0.1, 0.15) is 6.33 Å². The van der Waals surface area contributed by atoms with Crippen LogP contribution in [0.4, 0.5) is 0 Å². The third kappa shape index (κ3) is 2.69. The Kier molecular flexibility index (Phi) is 4.57. The zero-order chi connectivity index (χ0) is 11.3. The molecule has 0 N–H and O–H groups in total. The van der Waals surface area contributed by atoms with Gasteiger partial charge in [-0.3, -0.25) is 4.98 Å². The van der Waals surface area contributed by atoms with E-state index in [1.807, 2.05) is 12.7 Å². The molecule has 0 aliphatic heterocycles. The predicted molar refractivity (Wildman–Crippen MR) is 67.1 cm³/mol. The highest BCUT2D eigenvalue weighted by molar-refractivity contribution is 7.15. The highest BCUT2D eigenvalue weighted by Gasteiger charge is 2.05. The number of hydrogen-bond acceptors (Lipinski definition) is 3. The minimum absolute atomic E-state index is 0.424. The van der Waals surface area contributed by atoms with E-state index in [1.54, 1.807) is 18.7 Å². The molecule has 2 rings (SSSR count). The van der Waals surface area contributed by atoms with E-state index in [-0.39, 0.29) is 0 Å². The van der Waals surface area contributed by atoms with Crippen molar-refractivity contribution in [3.63, 3.8) is 0 Å². The van der Waals surface area contributed by atoms with Gasteiger partial charge in [0.05, 0.1) is 17.4 Å². The molecule has 0 saturated heterocycles. The molecule has 0 saturated carbocycles. The summed E-state index contributed by atoms with van der Waals surface area (Å²) >= 11 is 0. The average Bonchev–Trinajstić information content (AvgIpc) is 2.31. The number of fused-ring (bicyclic) bond motifs is 1. The van der Waals surface area contributed by atoms with Crippen molar-refractivity contribution in [3.05, 3.63) is 30.5 Å². The molecule has 3 nitrogen and oxygen atoms in total. The van der Waals surface area contributed by atoms with Crippen LogP contribution in [0, 0.1) is 0 Å². The van der Waals surface area contributed by atoms with Crippen molar-refractivity contribution in [2.45, 2.75) is 19.8 Å². The van der Waals surface area contributed by atoms with E-state index in [1.165, 1.54) is 0 Å². The Morgan fingerprint density at radius 3 is 2.60 bits per heavy atom. The average molecular weight is 221 g/mol. The Hall–Kier alpha value is -1.08. The Balaban J connectivity index is 0.000000531. The molecule has 1 unspecified atom stereocenters. The molecule has 0 aliphatic rings. The van der Waals surface area contributed by atoms with Crippen molar-refractivity contribution < 1.29 is 0 Å². The SMILES string of the molecule is CC(C)c1ncnc2cnccc12.CP. The van der Waals surface area contributed by atoms with E-state index in [0.29, 0.717) is 5.92 Å². The van der Waals surface area contributed by atoms with Crippen molar-refractivity contribution in [2.24, 2.45) is 0 Å². The number of aromatic nitrogens is 3. The predicted octanol–water partition coefficient (Wildman–Crippen LogP) is 2.64. The van der Waals surface area contributed by atoms with Crippen molar-refractivity contribution in [1.82, 2.24) is 15.0 Å². The summed E-state index contributed by atoms with van der Waals surface area (Å²) in [6.45, 7) is 6.17. The first-order chi connectivity index (χ1) is 7.29. The van der Waals surface area contributed by atoms with Gasteiger partial charge in [-0.05, 0) is 12.0 Å². The van der Waals surface area contributed by atoms with Gasteiger partial charge < -0.3 is 0 Å². The molecule has 1 atom stereocenters. The second-order valence-electron chi connectivity index (χ2n) is 3.31. The fraction of sp³-hybridized carbons (Fsp3) is 0.364. The molecule has 15 heavy (non-hydrogen) atoms. The third-order valence-corrected chi connectivity index (χ3v) is 2.02. The lowest BCUT2D eigenvalue weighted by Crippen LogP contribution is -1.95. The van der Waals surface area contributed by atoms with Crippen molar-refractivity contribution in [2.75, 3.05) is 6.66 Å². The summed E-state index contributed by atoms with van der Waals surface area (Å²) in [7, 11) is 2.42. The van der Waals surface area contributed by atoms with E-state index in [0.717, 1.165) is 16.6 Å². The molecule has 0 amide bonds. The Labute approximate surface area is 92.6 Å². The molecule has 0 aliphatic carbocycles. The first-order valence-corrected chi connectivity index (χ1v) is 6.07. The van der Waals surface area contributed by atoms with Gasteiger partial charge in [0.15, 0.2) is 0 Å². The quantitative estimate of drug-likeness (QED) is 0.695. The molecule has 2 aromatic heterocycles. The van der Waals surface area contributed by atoms with Gasteiger partial charge in [0.2, 0.25) is 0 Å². The maximum Gasteiger partial charge on any atom is 0.116 e. The monoisotopic (exact) mass is 221 g/mol. The first-order valence-electron chi connectivity index (χ1n) is 4.91. The van der Waals surface area contributed by atoms with Gasteiger partial charge in [0, 0.05) is 11.6 Å².